The summed E-state index contributed by atoms with van der Waals surface area (Å²) < 4.78 is 6.38. The fraction of sp³-hybridized carbons (Fsp3) is 0.318. The van der Waals surface area contributed by atoms with Crippen LogP contribution in [0.5, 0.6) is 5.88 Å². The Labute approximate surface area is 183 Å². The summed E-state index contributed by atoms with van der Waals surface area (Å²) >= 11 is 6.06. The van der Waals surface area contributed by atoms with E-state index >= 15 is 0 Å². The first-order valence-corrected chi connectivity index (χ1v) is 10.1. The molecule has 0 spiro atoms. The second kappa shape index (κ2) is 8.85. The Bertz CT molecular complexity index is 1260. The van der Waals surface area contributed by atoms with E-state index in [0.717, 1.165) is 5.56 Å². The maximum atomic E-state index is 13.5. The lowest BCUT2D eigenvalue weighted by Crippen LogP contribution is -2.38. The molecule has 3 heterocycles. The molecule has 0 aliphatic heterocycles. The van der Waals surface area contributed by atoms with E-state index in [1.54, 1.807) is 39.0 Å². The van der Waals surface area contributed by atoms with Crippen LogP contribution in [-0.4, -0.2) is 32.4 Å². The van der Waals surface area contributed by atoms with Gasteiger partial charge in [0, 0.05) is 17.3 Å². The van der Waals surface area contributed by atoms with Crippen molar-refractivity contribution in [2.45, 2.75) is 40.2 Å². The Morgan fingerprint density at radius 1 is 1.16 bits per heavy atom. The van der Waals surface area contributed by atoms with E-state index < -0.39 is 17.0 Å². The molecular weight excluding hydrogens is 420 g/mol. The minimum atomic E-state index is -0.700. The molecule has 3 rings (SSSR count). The first kappa shape index (κ1) is 22.4. The summed E-state index contributed by atoms with van der Waals surface area (Å²) in [5.41, 5.74) is 1.21. The number of carbonyl (C=O) groups excluding carboxylic acids is 1. The van der Waals surface area contributed by atoms with Crippen molar-refractivity contribution in [1.82, 2.24) is 19.5 Å². The third-order valence-electron chi connectivity index (χ3n) is 4.74. The molecular formula is C22H23ClN4O4. The van der Waals surface area contributed by atoms with Gasteiger partial charge in [0.15, 0.2) is 0 Å². The summed E-state index contributed by atoms with van der Waals surface area (Å²) in [5, 5.41) is 0.180. The zero-order valence-corrected chi connectivity index (χ0v) is 18.7. The van der Waals surface area contributed by atoms with E-state index in [9.17, 15) is 14.4 Å². The first-order chi connectivity index (χ1) is 14.6. The molecule has 0 saturated carbocycles. The Morgan fingerprint density at radius 2 is 1.87 bits per heavy atom. The van der Waals surface area contributed by atoms with Gasteiger partial charge in [0.2, 0.25) is 11.7 Å². The monoisotopic (exact) mass is 442 g/mol. The van der Waals surface area contributed by atoms with Gasteiger partial charge in [0.05, 0.1) is 13.7 Å². The van der Waals surface area contributed by atoms with Crippen molar-refractivity contribution < 1.29 is 9.53 Å². The maximum Gasteiger partial charge on any atom is 0.329 e. The summed E-state index contributed by atoms with van der Waals surface area (Å²) in [7, 11) is 1.45. The molecule has 0 aliphatic carbocycles. The maximum absolute atomic E-state index is 13.5. The summed E-state index contributed by atoms with van der Waals surface area (Å²) in [5.74, 6) is -0.533. The van der Waals surface area contributed by atoms with Crippen LogP contribution in [-0.2, 0) is 6.54 Å². The third-order valence-corrected chi connectivity index (χ3v) is 4.93. The van der Waals surface area contributed by atoms with Crippen molar-refractivity contribution in [2.75, 3.05) is 7.11 Å². The number of nitrogens with one attached hydrogen (secondary N) is 1. The molecule has 0 atom stereocenters. The predicted molar refractivity (Wildman–Crippen MR) is 117 cm³/mol. The largest absolute Gasteiger partial charge is 0.481 e. The highest BCUT2D eigenvalue weighted by atomic mass is 35.5. The van der Waals surface area contributed by atoms with Crippen LogP contribution >= 0.6 is 11.6 Å². The molecule has 0 unspecified atom stereocenters. The number of H-pyrrole nitrogens is 1. The fourth-order valence-electron chi connectivity index (χ4n) is 3.50. The molecule has 0 amide bonds. The number of aryl methyl sites for hydroxylation is 2. The topological polar surface area (TPSA) is 107 Å². The van der Waals surface area contributed by atoms with E-state index in [0.29, 0.717) is 11.3 Å². The molecule has 3 aromatic rings. The summed E-state index contributed by atoms with van der Waals surface area (Å²) in [6.45, 7) is 7.20. The average molecular weight is 443 g/mol. The minimum Gasteiger partial charge on any atom is -0.481 e. The SMILES string of the molecule is COc1cc(Cn2c(C(=O)c3cc(C)cc(C)n3)c(C(C)C)c(=O)[nH]c2=O)cc(Cl)n1. The minimum absolute atomic E-state index is 0.00755. The fourth-order valence-corrected chi connectivity index (χ4v) is 3.72. The van der Waals surface area contributed by atoms with Crippen LogP contribution in [0.15, 0.2) is 33.9 Å². The summed E-state index contributed by atoms with van der Waals surface area (Å²) in [6, 6.07) is 6.67. The molecule has 0 aliphatic rings. The first-order valence-electron chi connectivity index (χ1n) is 9.68. The van der Waals surface area contributed by atoms with Crippen LogP contribution in [0.2, 0.25) is 5.15 Å². The smallest absolute Gasteiger partial charge is 0.329 e. The van der Waals surface area contributed by atoms with Gasteiger partial charge in [0.1, 0.15) is 16.5 Å². The Balaban J connectivity index is 2.28. The number of halogens is 1. The molecule has 0 bridgehead atoms. The predicted octanol–water partition coefficient (Wildman–Crippen LogP) is 3.01. The van der Waals surface area contributed by atoms with E-state index in [1.807, 2.05) is 13.0 Å². The number of methoxy groups -OCH3 is 1. The summed E-state index contributed by atoms with van der Waals surface area (Å²) in [4.78, 5) is 49.7. The Kier molecular flexibility index (Phi) is 6.40. The number of aromatic nitrogens is 4. The van der Waals surface area contributed by atoms with Crippen LogP contribution in [0.3, 0.4) is 0 Å². The number of aromatic amines is 1. The van der Waals surface area contributed by atoms with E-state index in [2.05, 4.69) is 15.0 Å². The number of nitrogens with zero attached hydrogens (tertiary/aromatic N) is 3. The second-order valence-corrected chi connectivity index (χ2v) is 7.99. The number of ether oxygens (including phenoxy) is 1. The van der Waals surface area contributed by atoms with Gasteiger partial charge in [-0.1, -0.05) is 25.4 Å². The van der Waals surface area contributed by atoms with Crippen LogP contribution < -0.4 is 16.0 Å². The van der Waals surface area contributed by atoms with Crippen molar-refractivity contribution in [1.29, 1.82) is 0 Å². The number of carbonyl (C=O) groups is 1. The lowest BCUT2D eigenvalue weighted by atomic mass is 9.98. The second-order valence-electron chi connectivity index (χ2n) is 7.60. The van der Waals surface area contributed by atoms with Gasteiger partial charge >= 0.3 is 5.69 Å². The van der Waals surface area contributed by atoms with Gasteiger partial charge < -0.3 is 4.74 Å². The van der Waals surface area contributed by atoms with Gasteiger partial charge in [-0.05, 0) is 49.1 Å². The molecule has 162 valence electrons. The number of hydrogen-bond donors (Lipinski definition) is 1. The van der Waals surface area contributed by atoms with Crippen LogP contribution in [0.1, 0.15) is 58.3 Å². The Morgan fingerprint density at radius 3 is 2.48 bits per heavy atom. The highest BCUT2D eigenvalue weighted by Gasteiger charge is 2.26. The zero-order chi connectivity index (χ0) is 22.9. The van der Waals surface area contributed by atoms with Crippen molar-refractivity contribution in [2.24, 2.45) is 0 Å². The van der Waals surface area contributed by atoms with Crippen molar-refractivity contribution in [3.05, 3.63) is 84.0 Å². The van der Waals surface area contributed by atoms with Gasteiger partial charge in [-0.3, -0.25) is 19.1 Å². The van der Waals surface area contributed by atoms with Crippen molar-refractivity contribution in [3.63, 3.8) is 0 Å². The number of hydrogen-bond acceptors (Lipinski definition) is 6. The highest BCUT2D eigenvalue weighted by molar-refractivity contribution is 6.29. The molecule has 0 fully saturated rings. The lowest BCUT2D eigenvalue weighted by molar-refractivity contribution is 0.102. The molecule has 0 saturated heterocycles. The lowest BCUT2D eigenvalue weighted by Gasteiger charge is -2.18. The van der Waals surface area contributed by atoms with Crippen LogP contribution in [0.25, 0.3) is 0 Å². The van der Waals surface area contributed by atoms with Gasteiger partial charge in [-0.2, -0.15) is 0 Å². The Hall–Kier alpha value is -3.26. The number of ketones is 1. The van der Waals surface area contributed by atoms with Gasteiger partial charge in [-0.15, -0.1) is 0 Å². The zero-order valence-electron chi connectivity index (χ0n) is 17.9. The van der Waals surface area contributed by atoms with E-state index in [-0.39, 0.29) is 40.4 Å². The molecule has 1 N–H and O–H groups in total. The van der Waals surface area contributed by atoms with Crippen molar-refractivity contribution in [3.8, 4) is 5.88 Å². The third kappa shape index (κ3) is 4.74. The van der Waals surface area contributed by atoms with Gasteiger partial charge in [-0.25, -0.2) is 14.8 Å². The van der Waals surface area contributed by atoms with Crippen LogP contribution in [0.4, 0.5) is 0 Å². The molecule has 3 aromatic heterocycles. The average Bonchev–Trinajstić information content (AvgIpc) is 2.67. The van der Waals surface area contributed by atoms with E-state index in [1.165, 1.54) is 11.7 Å². The summed E-state index contributed by atoms with van der Waals surface area (Å²) in [6.07, 6.45) is 0. The standard InChI is InChI=1S/C22H23ClN4O4/c1-11(2)18-19(20(28)15-7-12(3)6-13(4)24-15)27(22(30)26-21(18)29)10-14-8-16(23)25-17(9-14)31-5/h6-9,11H,10H2,1-5H3,(H,26,29,30). The van der Waals surface area contributed by atoms with Crippen LogP contribution in [0, 0.1) is 13.8 Å². The van der Waals surface area contributed by atoms with E-state index in [4.69, 9.17) is 16.3 Å². The molecule has 0 radical (unpaired) electrons. The molecule has 31 heavy (non-hydrogen) atoms. The molecule has 8 nitrogen and oxygen atoms in total. The number of rotatable bonds is 6. The van der Waals surface area contributed by atoms with Gasteiger partial charge in [0.25, 0.3) is 5.56 Å². The van der Waals surface area contributed by atoms with Crippen molar-refractivity contribution >= 4 is 17.4 Å². The molecule has 0 aromatic carbocycles. The quantitative estimate of drug-likeness (QED) is 0.464. The normalized spacial score (nSPS) is 11.1. The number of pyridine rings is 2. The molecule has 9 heteroatoms. The highest BCUT2D eigenvalue weighted by Crippen LogP contribution is 2.21.